The van der Waals surface area contributed by atoms with E-state index in [4.69, 9.17) is 4.74 Å². The number of aromatic nitrogens is 2. The minimum atomic E-state index is -3.90. The largest absolute Gasteiger partial charge is 0.444 e. The Morgan fingerprint density at radius 1 is 1.05 bits per heavy atom. The fourth-order valence-electron chi connectivity index (χ4n) is 4.59. The second-order valence-electron chi connectivity index (χ2n) is 11.5. The van der Waals surface area contributed by atoms with Crippen molar-refractivity contribution in [1.82, 2.24) is 14.3 Å². The summed E-state index contributed by atoms with van der Waals surface area (Å²) in [5.74, 6) is -1.20. The van der Waals surface area contributed by atoms with Gasteiger partial charge in [0.1, 0.15) is 17.5 Å². The number of aryl methyl sites for hydroxylation is 1. The fourth-order valence-corrected chi connectivity index (χ4v) is 5.91. The van der Waals surface area contributed by atoms with Crippen molar-refractivity contribution in [2.45, 2.75) is 64.5 Å². The van der Waals surface area contributed by atoms with Gasteiger partial charge in [0.15, 0.2) is 5.65 Å². The van der Waals surface area contributed by atoms with Crippen LogP contribution in [0.3, 0.4) is 0 Å². The average Bonchev–Trinajstić information content (AvgIpc) is 3.35. The molecular weight excluding hydrogens is 559 g/mol. The molecule has 2 heterocycles. The Morgan fingerprint density at radius 3 is 2.38 bits per heavy atom. The van der Waals surface area contributed by atoms with E-state index in [-0.39, 0.29) is 22.1 Å². The van der Waals surface area contributed by atoms with Crippen LogP contribution in [0.5, 0.6) is 0 Å². The molecular formula is C31H35FN4O5S. The number of nitrogens with one attached hydrogen (secondary N) is 2. The quantitative estimate of drug-likeness (QED) is 0.248. The van der Waals surface area contributed by atoms with Crippen molar-refractivity contribution >= 4 is 38.7 Å². The van der Waals surface area contributed by atoms with Gasteiger partial charge in [0.05, 0.1) is 10.6 Å². The first-order chi connectivity index (χ1) is 19.7. The number of hydrogen-bond acceptors (Lipinski definition) is 6. The standard InChI is InChI=1S/C31H35FN4O5S/c1-19(2)16-27(35-30(38)41-31(4,5)6)29(37)34-26-17-20(3)24(18-25(26)32)22-12-14-33-28-23(22)13-15-36(28)42(39,40)21-10-8-7-9-11-21/h7-15,17-19,27H,16H2,1-6H3,(H,34,37)(H,35,38)/t27-/m1/s1. The van der Waals surface area contributed by atoms with Gasteiger partial charge in [-0.1, -0.05) is 32.0 Å². The third-order valence-corrected chi connectivity index (χ3v) is 8.11. The Balaban J connectivity index is 1.64. The van der Waals surface area contributed by atoms with Gasteiger partial charge in [-0.2, -0.15) is 0 Å². The maximum Gasteiger partial charge on any atom is 0.408 e. The lowest BCUT2D eigenvalue weighted by Crippen LogP contribution is -2.46. The van der Waals surface area contributed by atoms with Crippen LogP contribution in [0, 0.1) is 18.7 Å². The number of benzene rings is 2. The van der Waals surface area contributed by atoms with E-state index in [1.807, 2.05) is 13.8 Å². The Bertz CT molecular complexity index is 1730. The van der Waals surface area contributed by atoms with Crippen LogP contribution in [-0.2, 0) is 19.6 Å². The molecule has 4 aromatic rings. The molecule has 0 saturated carbocycles. The predicted octanol–water partition coefficient (Wildman–Crippen LogP) is 6.27. The van der Waals surface area contributed by atoms with Crippen LogP contribution in [0.4, 0.5) is 14.9 Å². The molecule has 42 heavy (non-hydrogen) atoms. The van der Waals surface area contributed by atoms with Crippen LogP contribution >= 0.6 is 0 Å². The van der Waals surface area contributed by atoms with Gasteiger partial charge in [-0.15, -0.1) is 0 Å². The molecule has 2 amide bonds. The highest BCUT2D eigenvalue weighted by molar-refractivity contribution is 7.90. The number of amides is 2. The topological polar surface area (TPSA) is 119 Å². The summed E-state index contributed by atoms with van der Waals surface area (Å²) in [7, 11) is -3.90. The van der Waals surface area contributed by atoms with Crippen molar-refractivity contribution in [2.75, 3.05) is 5.32 Å². The monoisotopic (exact) mass is 594 g/mol. The zero-order valence-electron chi connectivity index (χ0n) is 24.4. The first-order valence-corrected chi connectivity index (χ1v) is 15.0. The molecule has 0 aliphatic rings. The molecule has 9 nitrogen and oxygen atoms in total. The van der Waals surface area contributed by atoms with E-state index < -0.39 is 39.5 Å². The summed E-state index contributed by atoms with van der Waals surface area (Å²) in [6.07, 6.45) is 2.48. The molecule has 0 aliphatic carbocycles. The molecule has 222 valence electrons. The maximum atomic E-state index is 15.5. The molecule has 0 radical (unpaired) electrons. The smallest absolute Gasteiger partial charge is 0.408 e. The van der Waals surface area contributed by atoms with Gasteiger partial charge in [0, 0.05) is 17.8 Å². The van der Waals surface area contributed by atoms with Gasteiger partial charge in [0.25, 0.3) is 10.0 Å². The van der Waals surface area contributed by atoms with Gasteiger partial charge < -0.3 is 15.4 Å². The Kier molecular flexibility index (Phi) is 8.72. The molecule has 2 aromatic heterocycles. The third-order valence-electron chi connectivity index (χ3n) is 6.43. The van der Waals surface area contributed by atoms with Crippen LogP contribution < -0.4 is 10.6 Å². The highest BCUT2D eigenvalue weighted by Crippen LogP contribution is 2.34. The van der Waals surface area contributed by atoms with Gasteiger partial charge in [0.2, 0.25) is 5.91 Å². The van der Waals surface area contributed by atoms with E-state index in [0.717, 1.165) is 3.97 Å². The van der Waals surface area contributed by atoms with Crippen LogP contribution in [0.15, 0.2) is 71.9 Å². The SMILES string of the molecule is Cc1cc(NC(=O)[C@@H](CC(C)C)NC(=O)OC(C)(C)C)c(F)cc1-c1ccnc2c1ccn2S(=O)(=O)c1ccccc1. The van der Waals surface area contributed by atoms with Crippen LogP contribution in [0.1, 0.15) is 46.6 Å². The van der Waals surface area contributed by atoms with Crippen molar-refractivity contribution < 1.29 is 27.1 Å². The molecule has 0 aliphatic heterocycles. The molecule has 0 bridgehead atoms. The fraction of sp³-hybridized carbons (Fsp3) is 0.323. The normalized spacial score (nSPS) is 12.8. The summed E-state index contributed by atoms with van der Waals surface area (Å²) in [5, 5.41) is 5.71. The zero-order chi connectivity index (χ0) is 30.8. The minimum Gasteiger partial charge on any atom is -0.444 e. The number of rotatable bonds is 8. The molecule has 0 saturated heterocycles. The van der Waals surface area contributed by atoms with Crippen LogP contribution in [0.25, 0.3) is 22.2 Å². The van der Waals surface area contributed by atoms with Gasteiger partial charge in [-0.3, -0.25) is 4.79 Å². The van der Waals surface area contributed by atoms with Crippen molar-refractivity contribution in [3.8, 4) is 11.1 Å². The molecule has 2 N–H and O–H groups in total. The number of halogens is 1. The highest BCUT2D eigenvalue weighted by Gasteiger charge is 2.27. The van der Waals surface area contributed by atoms with Gasteiger partial charge >= 0.3 is 6.09 Å². The van der Waals surface area contributed by atoms with Crippen LogP contribution in [-0.4, -0.2) is 41.0 Å². The van der Waals surface area contributed by atoms with E-state index in [9.17, 15) is 18.0 Å². The number of pyridine rings is 1. The molecule has 11 heteroatoms. The van der Waals surface area contributed by atoms with E-state index in [0.29, 0.717) is 28.5 Å². The Labute approximate surface area is 245 Å². The second-order valence-corrected chi connectivity index (χ2v) is 13.3. The summed E-state index contributed by atoms with van der Waals surface area (Å²) in [5.41, 5.74) is 1.15. The number of ether oxygens (including phenoxy) is 1. The van der Waals surface area contributed by atoms with Crippen molar-refractivity contribution in [3.63, 3.8) is 0 Å². The lowest BCUT2D eigenvalue weighted by atomic mass is 9.98. The van der Waals surface area contributed by atoms with Gasteiger partial charge in [-0.05, 0) is 93.1 Å². The van der Waals surface area contributed by atoms with E-state index in [1.165, 1.54) is 36.7 Å². The number of alkyl carbamates (subject to hydrolysis) is 1. The zero-order valence-corrected chi connectivity index (χ0v) is 25.3. The third kappa shape index (κ3) is 6.79. The van der Waals surface area contributed by atoms with Crippen molar-refractivity contribution in [2.24, 2.45) is 5.92 Å². The first-order valence-electron chi connectivity index (χ1n) is 13.5. The number of fused-ring (bicyclic) bond motifs is 1. The van der Waals surface area contributed by atoms with E-state index in [1.54, 1.807) is 58.0 Å². The first kappa shape index (κ1) is 30.7. The van der Waals surface area contributed by atoms with Crippen molar-refractivity contribution in [1.29, 1.82) is 0 Å². The highest BCUT2D eigenvalue weighted by atomic mass is 32.2. The summed E-state index contributed by atoms with van der Waals surface area (Å²) in [6.45, 7) is 10.7. The number of carbonyl (C=O) groups is 2. The second kappa shape index (κ2) is 11.9. The summed E-state index contributed by atoms with van der Waals surface area (Å²) in [6, 6.07) is 13.2. The van der Waals surface area contributed by atoms with Gasteiger partial charge in [-0.25, -0.2) is 26.6 Å². The summed E-state index contributed by atoms with van der Waals surface area (Å²) >= 11 is 0. The number of nitrogens with zero attached hydrogens (tertiary/aromatic N) is 2. The molecule has 2 aromatic carbocycles. The number of hydrogen-bond donors (Lipinski definition) is 2. The average molecular weight is 595 g/mol. The maximum absolute atomic E-state index is 15.5. The van der Waals surface area contributed by atoms with Crippen LogP contribution in [0.2, 0.25) is 0 Å². The molecule has 1 atom stereocenters. The van der Waals surface area contributed by atoms with E-state index in [2.05, 4.69) is 15.6 Å². The number of anilines is 1. The Hall–Kier alpha value is -4.25. The minimum absolute atomic E-state index is 0.0458. The lowest BCUT2D eigenvalue weighted by Gasteiger charge is -2.24. The molecule has 0 fully saturated rings. The van der Waals surface area contributed by atoms with Crippen molar-refractivity contribution in [3.05, 3.63) is 78.4 Å². The number of carbonyl (C=O) groups excluding carboxylic acids is 2. The molecule has 4 rings (SSSR count). The Morgan fingerprint density at radius 2 is 1.74 bits per heavy atom. The lowest BCUT2D eigenvalue weighted by molar-refractivity contribution is -0.118. The molecule has 0 unspecified atom stereocenters. The summed E-state index contributed by atoms with van der Waals surface area (Å²) in [4.78, 5) is 29.9. The molecule has 0 spiro atoms. The van der Waals surface area contributed by atoms with E-state index >= 15 is 4.39 Å². The predicted molar refractivity (Wildman–Crippen MR) is 160 cm³/mol. The summed E-state index contributed by atoms with van der Waals surface area (Å²) < 4.78 is 48.4.